The van der Waals surface area contributed by atoms with Crippen LogP contribution >= 0.6 is 0 Å². The van der Waals surface area contributed by atoms with Crippen LogP contribution in [0.5, 0.6) is 5.75 Å². The van der Waals surface area contributed by atoms with Crippen molar-refractivity contribution < 1.29 is 19.1 Å². The number of benzene rings is 1. The van der Waals surface area contributed by atoms with Gasteiger partial charge in [0.15, 0.2) is 5.78 Å². The van der Waals surface area contributed by atoms with E-state index in [0.29, 0.717) is 18.6 Å². The number of hydrogen-bond donors (Lipinski definition) is 0. The Labute approximate surface area is 179 Å². The van der Waals surface area contributed by atoms with Gasteiger partial charge in [0.2, 0.25) is 0 Å². The van der Waals surface area contributed by atoms with Crippen LogP contribution in [-0.4, -0.2) is 31.2 Å². The molecule has 1 aliphatic heterocycles. The number of methoxy groups -OCH3 is 1. The molecule has 3 rings (SSSR count). The molecule has 0 bridgehead atoms. The SMILES string of the molecule is CCCCCOC(=O)C1C(C)=NC2=C(C(=O)CC(C)(C)C2)[C@@H]1c1ccc(OC)cc1. The lowest BCUT2D eigenvalue weighted by molar-refractivity contribution is -0.146. The summed E-state index contributed by atoms with van der Waals surface area (Å²) in [6, 6.07) is 7.63. The molecule has 0 amide bonds. The number of nitrogens with zero attached hydrogens (tertiary/aromatic N) is 1. The van der Waals surface area contributed by atoms with Gasteiger partial charge in [-0.2, -0.15) is 0 Å². The summed E-state index contributed by atoms with van der Waals surface area (Å²) in [5.74, 6) is -0.419. The first-order valence-electron chi connectivity index (χ1n) is 10.9. The zero-order valence-corrected chi connectivity index (χ0v) is 18.8. The van der Waals surface area contributed by atoms with Crippen LogP contribution in [0.1, 0.15) is 71.3 Å². The monoisotopic (exact) mass is 411 g/mol. The number of aliphatic imine (C=N–C) groups is 1. The van der Waals surface area contributed by atoms with Crippen LogP contribution in [0.15, 0.2) is 40.5 Å². The van der Waals surface area contributed by atoms with Crippen molar-refractivity contribution in [3.63, 3.8) is 0 Å². The third kappa shape index (κ3) is 4.66. The standard InChI is InChI=1S/C25H33NO4/c1-6-7-8-13-30-24(28)21-16(2)26-19-14-25(3,4)15-20(27)23(19)22(21)17-9-11-18(29-5)12-10-17/h9-12,21-22H,6-8,13-15H2,1-5H3/t21?,22-/m1/s1. The predicted molar refractivity (Wildman–Crippen MR) is 118 cm³/mol. The third-order valence-electron chi connectivity index (χ3n) is 6.02. The largest absolute Gasteiger partial charge is 0.497 e. The number of rotatable bonds is 7. The van der Waals surface area contributed by atoms with Crippen molar-refractivity contribution >= 4 is 17.5 Å². The average molecular weight is 412 g/mol. The molecule has 5 heteroatoms. The Morgan fingerprint density at radius 3 is 2.50 bits per heavy atom. The molecule has 2 atom stereocenters. The Morgan fingerprint density at radius 1 is 1.17 bits per heavy atom. The highest BCUT2D eigenvalue weighted by Gasteiger charge is 2.45. The molecule has 0 saturated carbocycles. The van der Waals surface area contributed by atoms with E-state index in [2.05, 4.69) is 20.8 Å². The van der Waals surface area contributed by atoms with Crippen molar-refractivity contribution in [3.05, 3.63) is 41.1 Å². The Morgan fingerprint density at radius 2 is 1.87 bits per heavy atom. The molecule has 1 heterocycles. The molecule has 162 valence electrons. The number of Topliss-reactive ketones (excluding diaryl/α,β-unsaturated/α-hetero) is 1. The summed E-state index contributed by atoms with van der Waals surface area (Å²) in [6.07, 6.45) is 4.13. The summed E-state index contributed by atoms with van der Waals surface area (Å²) in [5, 5.41) is 0. The Kier molecular flexibility index (Phi) is 6.79. The number of ether oxygens (including phenoxy) is 2. The number of esters is 1. The minimum atomic E-state index is -0.580. The smallest absolute Gasteiger partial charge is 0.315 e. The van der Waals surface area contributed by atoms with E-state index in [9.17, 15) is 9.59 Å². The molecule has 0 radical (unpaired) electrons. The van der Waals surface area contributed by atoms with Crippen molar-refractivity contribution in [2.75, 3.05) is 13.7 Å². The van der Waals surface area contributed by atoms with Crippen LogP contribution in [0, 0.1) is 11.3 Å². The minimum Gasteiger partial charge on any atom is -0.497 e. The first-order valence-corrected chi connectivity index (χ1v) is 10.9. The molecule has 1 aromatic carbocycles. The topological polar surface area (TPSA) is 65.0 Å². The van der Waals surface area contributed by atoms with Crippen LogP contribution in [0.3, 0.4) is 0 Å². The van der Waals surface area contributed by atoms with E-state index >= 15 is 0 Å². The van der Waals surface area contributed by atoms with Crippen LogP contribution in [0.2, 0.25) is 0 Å². The molecule has 0 saturated heterocycles. The highest BCUT2D eigenvalue weighted by molar-refractivity contribution is 6.09. The first kappa shape index (κ1) is 22.3. The lowest BCUT2D eigenvalue weighted by Gasteiger charge is -2.39. The first-order chi connectivity index (χ1) is 14.3. The Balaban J connectivity index is 2.01. The van der Waals surface area contributed by atoms with E-state index < -0.39 is 5.92 Å². The molecule has 1 aliphatic carbocycles. The zero-order valence-electron chi connectivity index (χ0n) is 18.8. The second-order valence-electron chi connectivity index (χ2n) is 9.16. The molecule has 0 N–H and O–H groups in total. The molecular weight excluding hydrogens is 378 g/mol. The van der Waals surface area contributed by atoms with Gasteiger partial charge in [-0.1, -0.05) is 45.7 Å². The summed E-state index contributed by atoms with van der Waals surface area (Å²) < 4.78 is 10.9. The number of allylic oxidation sites excluding steroid dienone is 2. The Bertz CT molecular complexity index is 864. The van der Waals surface area contributed by atoms with Gasteiger partial charge < -0.3 is 9.47 Å². The summed E-state index contributed by atoms with van der Waals surface area (Å²) in [6.45, 7) is 8.58. The molecule has 30 heavy (non-hydrogen) atoms. The number of hydrogen-bond acceptors (Lipinski definition) is 5. The minimum absolute atomic E-state index is 0.0853. The molecule has 1 aromatic rings. The van der Waals surface area contributed by atoms with Crippen molar-refractivity contribution in [3.8, 4) is 5.75 Å². The predicted octanol–water partition coefficient (Wildman–Crippen LogP) is 5.25. The van der Waals surface area contributed by atoms with E-state index in [1.807, 2.05) is 31.2 Å². The second kappa shape index (κ2) is 9.15. The van der Waals surface area contributed by atoms with E-state index in [1.165, 1.54) is 0 Å². The van der Waals surface area contributed by atoms with E-state index in [4.69, 9.17) is 14.5 Å². The molecule has 0 spiro atoms. The Hall–Kier alpha value is -2.43. The molecule has 0 aromatic heterocycles. The van der Waals surface area contributed by atoms with Gasteiger partial charge in [-0.05, 0) is 42.9 Å². The van der Waals surface area contributed by atoms with Gasteiger partial charge in [0.1, 0.15) is 11.7 Å². The molecule has 0 fully saturated rings. The van der Waals surface area contributed by atoms with Crippen LogP contribution in [-0.2, 0) is 14.3 Å². The maximum atomic E-state index is 13.2. The zero-order chi connectivity index (χ0) is 21.9. The van der Waals surface area contributed by atoms with Gasteiger partial charge >= 0.3 is 5.97 Å². The van der Waals surface area contributed by atoms with Crippen molar-refractivity contribution in [2.45, 2.75) is 65.7 Å². The lowest BCUT2D eigenvalue weighted by Crippen LogP contribution is -2.39. The van der Waals surface area contributed by atoms with E-state index in [1.54, 1.807) is 7.11 Å². The fourth-order valence-electron chi connectivity index (χ4n) is 4.54. The molecule has 5 nitrogen and oxygen atoms in total. The highest BCUT2D eigenvalue weighted by atomic mass is 16.5. The second-order valence-corrected chi connectivity index (χ2v) is 9.16. The van der Waals surface area contributed by atoms with Crippen molar-refractivity contribution in [1.29, 1.82) is 0 Å². The third-order valence-corrected chi connectivity index (χ3v) is 6.02. The quantitative estimate of drug-likeness (QED) is 0.454. The van der Waals surface area contributed by atoms with Crippen LogP contribution in [0.25, 0.3) is 0 Å². The molecular formula is C25H33NO4. The summed E-state index contributed by atoms with van der Waals surface area (Å²) in [4.78, 5) is 31.1. The maximum absolute atomic E-state index is 13.2. The van der Waals surface area contributed by atoms with Gasteiger partial charge in [-0.25, -0.2) is 0 Å². The van der Waals surface area contributed by atoms with Crippen molar-refractivity contribution in [2.24, 2.45) is 16.3 Å². The van der Waals surface area contributed by atoms with Gasteiger partial charge in [0, 0.05) is 29.3 Å². The lowest BCUT2D eigenvalue weighted by atomic mass is 9.67. The fourth-order valence-corrected chi connectivity index (χ4v) is 4.54. The molecule has 2 aliphatic rings. The van der Waals surface area contributed by atoms with E-state index in [-0.39, 0.29) is 23.1 Å². The highest BCUT2D eigenvalue weighted by Crippen LogP contribution is 2.48. The number of ketones is 1. The summed E-state index contributed by atoms with van der Waals surface area (Å²) >= 11 is 0. The summed E-state index contributed by atoms with van der Waals surface area (Å²) in [5.41, 5.74) is 3.02. The van der Waals surface area contributed by atoms with Gasteiger partial charge in [0.05, 0.1) is 13.7 Å². The number of carbonyl (C=O) groups is 2. The summed E-state index contributed by atoms with van der Waals surface area (Å²) in [7, 11) is 1.62. The van der Waals surface area contributed by atoms with Gasteiger partial charge in [0.25, 0.3) is 0 Å². The normalized spacial score (nSPS) is 23.0. The number of carbonyl (C=O) groups excluding carboxylic acids is 2. The number of unbranched alkanes of at least 4 members (excludes halogenated alkanes) is 2. The maximum Gasteiger partial charge on any atom is 0.315 e. The van der Waals surface area contributed by atoms with Gasteiger partial charge in [-0.3, -0.25) is 14.6 Å². The molecule has 1 unspecified atom stereocenters. The van der Waals surface area contributed by atoms with Crippen LogP contribution in [0.4, 0.5) is 0 Å². The fraction of sp³-hybridized carbons (Fsp3) is 0.560. The van der Waals surface area contributed by atoms with Crippen molar-refractivity contribution in [1.82, 2.24) is 0 Å². The van der Waals surface area contributed by atoms with Gasteiger partial charge in [-0.15, -0.1) is 0 Å². The van der Waals surface area contributed by atoms with E-state index in [0.717, 1.165) is 48.4 Å². The average Bonchev–Trinajstić information content (AvgIpc) is 2.69. The van der Waals surface area contributed by atoms with Crippen LogP contribution < -0.4 is 4.74 Å².